The molecule has 180 valence electrons. The third kappa shape index (κ3) is 5.51. The summed E-state index contributed by atoms with van der Waals surface area (Å²) in [5, 5.41) is 22.7. The number of nitrogens with two attached hydrogens (primary N) is 1. The topological polar surface area (TPSA) is 121 Å². The van der Waals surface area contributed by atoms with Gasteiger partial charge in [0.2, 0.25) is 0 Å². The molecule has 0 aliphatic rings. The van der Waals surface area contributed by atoms with Gasteiger partial charge in [0.1, 0.15) is 16.6 Å². The zero-order chi connectivity index (χ0) is 24.9. The van der Waals surface area contributed by atoms with Gasteiger partial charge in [-0.15, -0.1) is 11.3 Å². The Morgan fingerprint density at radius 2 is 1.94 bits per heavy atom. The lowest BCUT2D eigenvalue weighted by Gasteiger charge is -2.23. The van der Waals surface area contributed by atoms with Crippen LogP contribution in [0.25, 0.3) is 21.0 Å². The number of aromatic nitrogens is 2. The van der Waals surface area contributed by atoms with Gasteiger partial charge in [0.25, 0.3) is 5.91 Å². The minimum Gasteiger partial charge on any atom is -0.398 e. The molecule has 0 spiro atoms. The van der Waals surface area contributed by atoms with Crippen molar-refractivity contribution in [2.75, 3.05) is 12.3 Å². The number of hydrogen-bond donors (Lipinski definition) is 4. The summed E-state index contributed by atoms with van der Waals surface area (Å²) in [5.74, 6) is -1.78. The first-order chi connectivity index (χ1) is 16.9. The van der Waals surface area contributed by atoms with E-state index >= 15 is 0 Å². The van der Waals surface area contributed by atoms with Crippen molar-refractivity contribution in [1.29, 1.82) is 0 Å². The number of hydrogen-bond acceptors (Lipinski definition) is 7. The Balaban J connectivity index is 1.65. The Labute approximate surface area is 203 Å². The highest BCUT2D eigenvalue weighted by Gasteiger charge is 2.26. The molecule has 1 amide bonds. The molecule has 0 radical (unpaired) electrons. The lowest BCUT2D eigenvalue weighted by atomic mass is 10.0. The molecule has 0 saturated heterocycles. The summed E-state index contributed by atoms with van der Waals surface area (Å²) in [6.45, 7) is -0.581. The third-order valence-electron chi connectivity index (χ3n) is 5.38. The zero-order valence-electron chi connectivity index (χ0n) is 18.4. The molecule has 4 aromatic rings. The van der Waals surface area contributed by atoms with E-state index in [1.54, 1.807) is 24.4 Å². The molecule has 7 nitrogen and oxygen atoms in total. The molecular weight excluding hydrogens is 474 g/mol. The van der Waals surface area contributed by atoms with Gasteiger partial charge in [-0.2, -0.15) is 0 Å². The number of amides is 1. The van der Waals surface area contributed by atoms with Gasteiger partial charge in [-0.3, -0.25) is 9.78 Å². The number of rotatable bonds is 8. The number of nitrogens with one attached hydrogen (secondary N) is 1. The average molecular weight is 497 g/mol. The number of thiazole rings is 1. The predicted octanol–water partition coefficient (Wildman–Crippen LogP) is 3.43. The number of aliphatic hydroxyl groups excluding tert-OH is 2. The summed E-state index contributed by atoms with van der Waals surface area (Å²) in [5.41, 5.74) is 7.27. The van der Waals surface area contributed by atoms with Crippen molar-refractivity contribution >= 4 is 22.9 Å². The van der Waals surface area contributed by atoms with Crippen molar-refractivity contribution in [1.82, 2.24) is 15.3 Å². The van der Waals surface area contributed by atoms with Crippen LogP contribution in [0.5, 0.6) is 0 Å². The fraction of sp³-hybridized carbons (Fsp3) is 0.160. The second-order valence-electron chi connectivity index (χ2n) is 7.78. The highest BCUT2D eigenvalue weighted by atomic mass is 32.1. The lowest BCUT2D eigenvalue weighted by molar-refractivity contribution is 0.0565. The number of carbonyl (C=O) groups is 1. The van der Waals surface area contributed by atoms with Crippen LogP contribution in [0.3, 0.4) is 0 Å². The van der Waals surface area contributed by atoms with Crippen molar-refractivity contribution < 1.29 is 23.8 Å². The number of nitrogen functional groups attached to an aromatic ring is 1. The quantitative estimate of drug-likeness (QED) is 0.277. The summed E-state index contributed by atoms with van der Waals surface area (Å²) < 4.78 is 28.4. The average Bonchev–Trinajstić information content (AvgIpc) is 3.33. The van der Waals surface area contributed by atoms with Crippen LogP contribution < -0.4 is 11.1 Å². The van der Waals surface area contributed by atoms with Gasteiger partial charge in [0, 0.05) is 35.8 Å². The molecule has 4 rings (SSSR count). The van der Waals surface area contributed by atoms with Crippen LogP contribution >= 0.6 is 11.3 Å². The fourth-order valence-electron chi connectivity index (χ4n) is 3.60. The molecule has 5 N–H and O–H groups in total. The Kier molecular flexibility index (Phi) is 7.45. The van der Waals surface area contributed by atoms with E-state index in [0.29, 0.717) is 16.1 Å². The Bertz CT molecular complexity index is 1330. The largest absolute Gasteiger partial charge is 0.398 e. The number of aliphatic hydroxyl groups is 2. The Morgan fingerprint density at radius 1 is 1.11 bits per heavy atom. The number of benzene rings is 2. The molecule has 2 aromatic carbocycles. The van der Waals surface area contributed by atoms with E-state index in [4.69, 9.17) is 5.73 Å². The van der Waals surface area contributed by atoms with Crippen LogP contribution in [0, 0.1) is 11.6 Å². The fourth-order valence-corrected chi connectivity index (χ4v) is 4.63. The number of anilines is 1. The first-order valence-corrected chi connectivity index (χ1v) is 11.5. The highest BCUT2D eigenvalue weighted by Crippen LogP contribution is 2.37. The second kappa shape index (κ2) is 10.7. The van der Waals surface area contributed by atoms with Crippen LogP contribution in [-0.2, 0) is 6.42 Å². The maximum absolute atomic E-state index is 15.0. The van der Waals surface area contributed by atoms with Crippen LogP contribution in [0.1, 0.15) is 16.1 Å². The summed E-state index contributed by atoms with van der Waals surface area (Å²) >= 11 is 1.10. The van der Waals surface area contributed by atoms with Crippen molar-refractivity contribution in [3.8, 4) is 21.0 Å². The Hall–Kier alpha value is -3.73. The summed E-state index contributed by atoms with van der Waals surface area (Å²) in [6.07, 6.45) is 1.96. The van der Waals surface area contributed by atoms with Crippen molar-refractivity contribution in [3.63, 3.8) is 0 Å². The molecule has 10 heteroatoms. The van der Waals surface area contributed by atoms with Gasteiger partial charge in [0.05, 0.1) is 34.8 Å². The van der Waals surface area contributed by atoms with Crippen molar-refractivity contribution in [2.24, 2.45) is 0 Å². The summed E-state index contributed by atoms with van der Waals surface area (Å²) in [7, 11) is 0. The van der Waals surface area contributed by atoms with Crippen LogP contribution in [0.4, 0.5) is 14.5 Å². The molecule has 0 saturated carbocycles. The number of halogens is 2. The number of carbonyl (C=O) groups excluding carboxylic acids is 1. The maximum Gasteiger partial charge on any atom is 0.252 e. The van der Waals surface area contributed by atoms with E-state index in [-0.39, 0.29) is 28.2 Å². The van der Waals surface area contributed by atoms with Crippen molar-refractivity contribution in [3.05, 3.63) is 89.9 Å². The highest BCUT2D eigenvalue weighted by molar-refractivity contribution is 7.18. The zero-order valence-corrected chi connectivity index (χ0v) is 19.2. The standard InChI is InChI=1S/C25H22F2N4O3S/c26-14-7-8-16(19(28)10-14)22-12-30-25(35-22)23-17(5-3-6-18(23)27)24(34)31-20(21(33)13-32)11-15-4-1-2-9-29-15/h1-10,12,20-21,32-33H,11,13,28H2,(H,31,34)/t20-,21-/m1/s1. The normalized spacial score (nSPS) is 12.8. The molecular formula is C25H22F2N4O3S. The van der Waals surface area contributed by atoms with E-state index in [2.05, 4.69) is 15.3 Å². The maximum atomic E-state index is 15.0. The van der Waals surface area contributed by atoms with Gasteiger partial charge < -0.3 is 21.3 Å². The molecule has 2 aromatic heterocycles. The van der Waals surface area contributed by atoms with E-state index in [1.165, 1.54) is 42.6 Å². The summed E-state index contributed by atoms with van der Waals surface area (Å²) in [6, 6.07) is 12.4. The van der Waals surface area contributed by atoms with Crippen LogP contribution in [0.15, 0.2) is 67.0 Å². The molecule has 2 heterocycles. The van der Waals surface area contributed by atoms with Gasteiger partial charge in [-0.25, -0.2) is 13.8 Å². The minimum atomic E-state index is -1.26. The first-order valence-electron chi connectivity index (χ1n) is 10.7. The molecule has 0 fully saturated rings. The molecule has 2 atom stereocenters. The summed E-state index contributed by atoms with van der Waals surface area (Å²) in [4.78, 5) is 22.3. The lowest BCUT2D eigenvalue weighted by Crippen LogP contribution is -2.46. The van der Waals surface area contributed by atoms with E-state index < -0.39 is 36.3 Å². The van der Waals surface area contributed by atoms with E-state index in [0.717, 1.165) is 11.3 Å². The molecule has 0 aliphatic carbocycles. The van der Waals surface area contributed by atoms with Crippen LogP contribution in [0.2, 0.25) is 0 Å². The second-order valence-corrected chi connectivity index (χ2v) is 8.81. The molecule has 0 unspecified atom stereocenters. The molecule has 0 bridgehead atoms. The first kappa shape index (κ1) is 24.4. The predicted molar refractivity (Wildman–Crippen MR) is 130 cm³/mol. The van der Waals surface area contributed by atoms with Crippen molar-refractivity contribution in [2.45, 2.75) is 18.6 Å². The smallest absolute Gasteiger partial charge is 0.252 e. The SMILES string of the molecule is Nc1cc(F)ccc1-c1cnc(-c2c(F)cccc2C(=O)N[C@H](Cc2ccccn2)[C@H](O)CO)s1. The van der Waals surface area contributed by atoms with Gasteiger partial charge in [-0.05, 0) is 42.5 Å². The van der Waals surface area contributed by atoms with Gasteiger partial charge >= 0.3 is 0 Å². The molecule has 35 heavy (non-hydrogen) atoms. The van der Waals surface area contributed by atoms with Crippen LogP contribution in [-0.4, -0.2) is 44.8 Å². The van der Waals surface area contributed by atoms with Gasteiger partial charge in [0.15, 0.2) is 0 Å². The third-order valence-corrected chi connectivity index (χ3v) is 6.43. The molecule has 0 aliphatic heterocycles. The van der Waals surface area contributed by atoms with Gasteiger partial charge in [-0.1, -0.05) is 12.1 Å². The number of nitrogens with zero attached hydrogens (tertiary/aromatic N) is 2. The monoisotopic (exact) mass is 496 g/mol. The van der Waals surface area contributed by atoms with E-state index in [1.807, 2.05) is 0 Å². The van der Waals surface area contributed by atoms with E-state index in [9.17, 15) is 23.8 Å². The number of pyridine rings is 1. The Morgan fingerprint density at radius 3 is 2.66 bits per heavy atom. The minimum absolute atomic E-state index is 0.00846.